The van der Waals surface area contributed by atoms with Crippen molar-refractivity contribution in [3.05, 3.63) is 58.6 Å². The fourth-order valence-electron chi connectivity index (χ4n) is 3.60. The standard InChI is InChI=1S/C27H36ClN3O5/c1-7-8-16-31(25(34)18(3)29-26(35)36-27(4,5)6)23(19-12-14-20(32)15-13-19)24(33)30-22-17(2)10-9-11-21(22)28/h9-15,18,23,32H,7-8,16H2,1-6H3,(H,29,35)(H,30,33). The number of amides is 3. The molecule has 0 aliphatic carbocycles. The molecule has 0 bridgehead atoms. The molecule has 2 aromatic carbocycles. The summed E-state index contributed by atoms with van der Waals surface area (Å²) >= 11 is 6.34. The number of phenolic OH excluding ortho intramolecular Hbond substituents is 1. The number of phenols is 1. The Bertz CT molecular complexity index is 1050. The molecule has 196 valence electrons. The van der Waals surface area contributed by atoms with Crippen molar-refractivity contribution in [1.82, 2.24) is 10.2 Å². The molecule has 0 spiro atoms. The fraction of sp³-hybridized carbons (Fsp3) is 0.444. The Morgan fingerprint density at radius 2 is 1.75 bits per heavy atom. The summed E-state index contributed by atoms with van der Waals surface area (Å²) in [4.78, 5) is 41.1. The largest absolute Gasteiger partial charge is 0.508 e. The Kier molecular flexibility index (Phi) is 10.2. The lowest BCUT2D eigenvalue weighted by atomic mass is 10.0. The van der Waals surface area contributed by atoms with E-state index in [1.165, 1.54) is 17.0 Å². The minimum atomic E-state index is -1.04. The summed E-state index contributed by atoms with van der Waals surface area (Å²) in [5.74, 6) is -0.879. The number of unbranched alkanes of at least 4 members (excludes halogenated alkanes) is 1. The number of aryl methyl sites for hydroxylation is 1. The third-order valence-corrected chi connectivity index (χ3v) is 5.69. The molecule has 0 fully saturated rings. The van der Waals surface area contributed by atoms with E-state index < -0.39 is 35.6 Å². The third kappa shape index (κ3) is 8.16. The van der Waals surface area contributed by atoms with Crippen molar-refractivity contribution in [2.24, 2.45) is 0 Å². The smallest absolute Gasteiger partial charge is 0.408 e. The van der Waals surface area contributed by atoms with Crippen LogP contribution in [0, 0.1) is 6.92 Å². The third-order valence-electron chi connectivity index (χ3n) is 5.38. The molecule has 3 amide bonds. The Morgan fingerprint density at radius 3 is 2.31 bits per heavy atom. The molecule has 2 rings (SSSR count). The summed E-state index contributed by atoms with van der Waals surface area (Å²) in [6, 6.07) is 9.40. The van der Waals surface area contributed by atoms with Gasteiger partial charge >= 0.3 is 6.09 Å². The van der Waals surface area contributed by atoms with Crippen molar-refractivity contribution in [3.8, 4) is 5.75 Å². The number of nitrogens with one attached hydrogen (secondary N) is 2. The molecular formula is C27H36ClN3O5. The van der Waals surface area contributed by atoms with Crippen LogP contribution in [0.25, 0.3) is 0 Å². The minimum Gasteiger partial charge on any atom is -0.508 e. The predicted octanol–water partition coefficient (Wildman–Crippen LogP) is 5.58. The van der Waals surface area contributed by atoms with E-state index >= 15 is 0 Å². The topological polar surface area (TPSA) is 108 Å². The first kappa shape index (κ1) is 29.0. The van der Waals surface area contributed by atoms with Gasteiger partial charge in [0.15, 0.2) is 0 Å². The fourth-order valence-corrected chi connectivity index (χ4v) is 3.87. The molecule has 8 nitrogen and oxygen atoms in total. The van der Waals surface area contributed by atoms with E-state index in [0.29, 0.717) is 22.7 Å². The van der Waals surface area contributed by atoms with E-state index in [0.717, 1.165) is 12.0 Å². The Hall–Kier alpha value is -3.26. The average molecular weight is 518 g/mol. The maximum Gasteiger partial charge on any atom is 0.408 e. The number of carbonyl (C=O) groups is 3. The minimum absolute atomic E-state index is 0.0336. The molecule has 2 atom stereocenters. The average Bonchev–Trinajstić information content (AvgIpc) is 2.78. The molecule has 0 heterocycles. The van der Waals surface area contributed by atoms with Crippen LogP contribution in [0.3, 0.4) is 0 Å². The van der Waals surface area contributed by atoms with Crippen LogP contribution in [0.5, 0.6) is 5.75 Å². The van der Waals surface area contributed by atoms with Crippen molar-refractivity contribution in [1.29, 1.82) is 0 Å². The van der Waals surface area contributed by atoms with Gasteiger partial charge in [0.25, 0.3) is 5.91 Å². The first-order valence-corrected chi connectivity index (χ1v) is 12.4. The lowest BCUT2D eigenvalue weighted by molar-refractivity contribution is -0.140. The molecule has 0 saturated heterocycles. The number of halogens is 1. The number of nitrogens with zero attached hydrogens (tertiary/aromatic N) is 1. The molecule has 2 unspecified atom stereocenters. The van der Waals surface area contributed by atoms with Gasteiger partial charge in [0.2, 0.25) is 5.91 Å². The maximum atomic E-state index is 13.7. The summed E-state index contributed by atoms with van der Waals surface area (Å²) in [5.41, 5.74) is 1.00. The number of alkyl carbamates (subject to hydrolysis) is 1. The quantitative estimate of drug-likeness (QED) is 0.402. The van der Waals surface area contributed by atoms with Crippen molar-refractivity contribution >= 4 is 35.2 Å². The number of hydrogen-bond acceptors (Lipinski definition) is 5. The van der Waals surface area contributed by atoms with Gasteiger partial charge in [0, 0.05) is 6.54 Å². The molecule has 0 radical (unpaired) electrons. The summed E-state index contributed by atoms with van der Waals surface area (Å²) in [7, 11) is 0. The van der Waals surface area contributed by atoms with E-state index in [4.69, 9.17) is 16.3 Å². The summed E-state index contributed by atoms with van der Waals surface area (Å²) in [6.45, 7) is 10.8. The summed E-state index contributed by atoms with van der Waals surface area (Å²) in [5, 5.41) is 15.6. The van der Waals surface area contributed by atoms with Crippen molar-refractivity contribution < 1.29 is 24.2 Å². The molecular weight excluding hydrogens is 482 g/mol. The molecule has 3 N–H and O–H groups in total. The van der Waals surface area contributed by atoms with Crippen LogP contribution in [-0.4, -0.2) is 46.1 Å². The molecule has 36 heavy (non-hydrogen) atoms. The number of rotatable bonds is 9. The highest BCUT2D eigenvalue weighted by Gasteiger charge is 2.35. The van der Waals surface area contributed by atoms with Gasteiger partial charge in [-0.3, -0.25) is 9.59 Å². The highest BCUT2D eigenvalue weighted by molar-refractivity contribution is 6.34. The zero-order valence-electron chi connectivity index (χ0n) is 21.7. The van der Waals surface area contributed by atoms with Crippen LogP contribution in [-0.2, 0) is 14.3 Å². The number of anilines is 1. The van der Waals surface area contributed by atoms with E-state index in [1.807, 2.05) is 19.9 Å². The van der Waals surface area contributed by atoms with E-state index in [-0.39, 0.29) is 12.3 Å². The summed E-state index contributed by atoms with van der Waals surface area (Å²) in [6.07, 6.45) is 0.694. The van der Waals surface area contributed by atoms with Crippen LogP contribution in [0.2, 0.25) is 5.02 Å². The molecule has 9 heteroatoms. The SMILES string of the molecule is CCCCN(C(=O)C(C)NC(=O)OC(C)(C)C)C(C(=O)Nc1c(C)cccc1Cl)c1ccc(O)cc1. The lowest BCUT2D eigenvalue weighted by Crippen LogP contribution is -2.51. The number of carbonyl (C=O) groups excluding carboxylic acids is 3. The highest BCUT2D eigenvalue weighted by atomic mass is 35.5. The van der Waals surface area contributed by atoms with Gasteiger partial charge in [-0.25, -0.2) is 4.79 Å². The van der Waals surface area contributed by atoms with Gasteiger partial charge in [-0.15, -0.1) is 0 Å². The number of para-hydroxylation sites is 1. The summed E-state index contributed by atoms with van der Waals surface area (Å²) < 4.78 is 5.29. The van der Waals surface area contributed by atoms with Crippen LogP contribution in [0.4, 0.5) is 10.5 Å². The maximum absolute atomic E-state index is 13.7. The van der Waals surface area contributed by atoms with Gasteiger partial charge < -0.3 is 25.4 Å². The second-order valence-electron chi connectivity index (χ2n) is 9.67. The lowest BCUT2D eigenvalue weighted by Gasteiger charge is -2.34. The van der Waals surface area contributed by atoms with E-state index in [1.54, 1.807) is 52.0 Å². The van der Waals surface area contributed by atoms with Gasteiger partial charge in [0.1, 0.15) is 23.4 Å². The number of hydrogen-bond donors (Lipinski definition) is 3. The second-order valence-corrected chi connectivity index (χ2v) is 10.1. The molecule has 0 aliphatic rings. The van der Waals surface area contributed by atoms with Gasteiger partial charge in [0.05, 0.1) is 10.7 Å². The van der Waals surface area contributed by atoms with Gasteiger partial charge in [-0.1, -0.05) is 49.2 Å². The van der Waals surface area contributed by atoms with Crippen molar-refractivity contribution in [3.63, 3.8) is 0 Å². The Morgan fingerprint density at radius 1 is 1.11 bits per heavy atom. The Balaban J connectivity index is 2.45. The zero-order valence-corrected chi connectivity index (χ0v) is 22.5. The first-order valence-electron chi connectivity index (χ1n) is 12.0. The highest BCUT2D eigenvalue weighted by Crippen LogP contribution is 2.30. The van der Waals surface area contributed by atoms with Crippen LogP contribution in [0.15, 0.2) is 42.5 Å². The van der Waals surface area contributed by atoms with Crippen LogP contribution >= 0.6 is 11.6 Å². The predicted molar refractivity (Wildman–Crippen MR) is 141 cm³/mol. The first-order chi connectivity index (χ1) is 16.8. The zero-order chi connectivity index (χ0) is 27.0. The number of aromatic hydroxyl groups is 1. The van der Waals surface area contributed by atoms with Gasteiger partial charge in [-0.05, 0) is 70.4 Å². The Labute approximate surface area is 218 Å². The van der Waals surface area contributed by atoms with Crippen LogP contribution in [0.1, 0.15) is 64.6 Å². The molecule has 0 aromatic heterocycles. The second kappa shape index (κ2) is 12.6. The monoisotopic (exact) mass is 517 g/mol. The van der Waals surface area contributed by atoms with Crippen molar-refractivity contribution in [2.45, 2.75) is 72.1 Å². The number of benzene rings is 2. The van der Waals surface area contributed by atoms with E-state index in [9.17, 15) is 19.5 Å². The number of ether oxygens (including phenoxy) is 1. The normalized spacial score (nSPS) is 12.9. The van der Waals surface area contributed by atoms with Crippen LogP contribution < -0.4 is 10.6 Å². The molecule has 0 aliphatic heterocycles. The van der Waals surface area contributed by atoms with Gasteiger partial charge in [-0.2, -0.15) is 0 Å². The van der Waals surface area contributed by atoms with Crippen molar-refractivity contribution in [2.75, 3.05) is 11.9 Å². The van der Waals surface area contributed by atoms with E-state index in [2.05, 4.69) is 10.6 Å². The molecule has 2 aromatic rings. The molecule has 0 saturated carbocycles.